The number of hydrogen-bond donors (Lipinski definition) is 0. The molecule has 1 aromatic carbocycles. The van der Waals surface area contributed by atoms with Crippen molar-refractivity contribution in [2.24, 2.45) is 0 Å². The average Bonchev–Trinajstić information content (AvgIpc) is 2.34. The molecule has 0 aliphatic rings. The van der Waals surface area contributed by atoms with E-state index in [-0.39, 0.29) is 5.91 Å². The molecule has 3 heteroatoms. The topological polar surface area (TPSA) is 20.3 Å². The fourth-order valence-electron chi connectivity index (χ4n) is 1.52. The van der Waals surface area contributed by atoms with E-state index in [2.05, 4.69) is 6.92 Å². The highest BCUT2D eigenvalue weighted by Gasteiger charge is 2.14. The van der Waals surface area contributed by atoms with E-state index in [0.29, 0.717) is 0 Å². The summed E-state index contributed by atoms with van der Waals surface area (Å²) in [5, 5.41) is 0. The molecule has 0 saturated carbocycles. The number of unbranched alkanes of at least 4 members (excludes halogenated alkanes) is 1. The molecule has 0 fully saturated rings. The predicted molar refractivity (Wildman–Crippen MR) is 70.1 cm³/mol. The molecule has 1 aromatic rings. The zero-order chi connectivity index (χ0) is 12.0. The zero-order valence-corrected chi connectivity index (χ0v) is 11.0. The number of rotatable bonds is 5. The molecule has 0 radical (unpaired) electrons. The van der Waals surface area contributed by atoms with Crippen LogP contribution < -0.4 is 0 Å². The van der Waals surface area contributed by atoms with E-state index in [0.717, 1.165) is 29.8 Å². The number of amides is 1. The molecule has 16 heavy (non-hydrogen) atoms. The second-order valence-corrected chi connectivity index (χ2v) is 4.63. The molecule has 0 aromatic heterocycles. The van der Waals surface area contributed by atoms with Crippen LogP contribution in [0.5, 0.6) is 0 Å². The van der Waals surface area contributed by atoms with Crippen molar-refractivity contribution in [3.8, 4) is 0 Å². The Labute approximate surface area is 102 Å². The summed E-state index contributed by atoms with van der Waals surface area (Å²) < 4.78 is 0. The molecule has 0 N–H and O–H groups in total. The molecule has 0 heterocycles. The van der Waals surface area contributed by atoms with Crippen LogP contribution in [-0.2, 0) is 0 Å². The second kappa shape index (κ2) is 6.59. The van der Waals surface area contributed by atoms with Gasteiger partial charge in [0.1, 0.15) is 0 Å². The quantitative estimate of drug-likeness (QED) is 0.732. The fourth-order valence-corrected chi connectivity index (χ4v) is 2.11. The first kappa shape index (κ1) is 13.1. The molecule has 0 saturated heterocycles. The van der Waals surface area contributed by atoms with E-state index < -0.39 is 0 Å². The highest BCUT2D eigenvalue weighted by molar-refractivity contribution is 7.98. The number of benzene rings is 1. The first-order chi connectivity index (χ1) is 7.70. The summed E-state index contributed by atoms with van der Waals surface area (Å²) in [6.45, 7) is 2.96. The Morgan fingerprint density at radius 2 is 2.06 bits per heavy atom. The molecular weight excluding hydrogens is 218 g/mol. The Morgan fingerprint density at radius 1 is 1.38 bits per heavy atom. The van der Waals surface area contributed by atoms with Crippen molar-refractivity contribution in [3.05, 3.63) is 29.8 Å². The Balaban J connectivity index is 2.79. The number of carbonyl (C=O) groups excluding carboxylic acids is 1. The lowest BCUT2D eigenvalue weighted by molar-refractivity contribution is 0.0790. The Kier molecular flexibility index (Phi) is 5.39. The van der Waals surface area contributed by atoms with Crippen LogP contribution in [0, 0.1) is 0 Å². The van der Waals surface area contributed by atoms with E-state index >= 15 is 0 Å². The molecular formula is C13H19NOS. The van der Waals surface area contributed by atoms with Crippen molar-refractivity contribution < 1.29 is 4.79 Å². The minimum Gasteiger partial charge on any atom is -0.342 e. The maximum atomic E-state index is 12.1. The first-order valence-corrected chi connectivity index (χ1v) is 6.81. The van der Waals surface area contributed by atoms with Crippen molar-refractivity contribution in [1.29, 1.82) is 0 Å². The average molecular weight is 237 g/mol. The Bertz CT molecular complexity index is 352. The summed E-state index contributed by atoms with van der Waals surface area (Å²) in [6.07, 6.45) is 4.17. The van der Waals surface area contributed by atoms with Gasteiger partial charge in [0.15, 0.2) is 0 Å². The standard InChI is InChI=1S/C13H19NOS/c1-4-5-10-14(2)13(15)11-8-6-7-9-12(11)16-3/h6-9H,4-5,10H2,1-3H3. The lowest BCUT2D eigenvalue weighted by atomic mass is 10.2. The number of carbonyl (C=O) groups is 1. The molecule has 0 aliphatic heterocycles. The summed E-state index contributed by atoms with van der Waals surface area (Å²) in [4.78, 5) is 15.0. The lowest BCUT2D eigenvalue weighted by Crippen LogP contribution is -2.28. The summed E-state index contributed by atoms with van der Waals surface area (Å²) in [6, 6.07) is 7.78. The molecule has 0 unspecified atom stereocenters. The molecule has 88 valence electrons. The predicted octanol–water partition coefficient (Wildman–Crippen LogP) is 3.28. The monoisotopic (exact) mass is 237 g/mol. The third kappa shape index (κ3) is 3.27. The van der Waals surface area contributed by atoms with Gasteiger partial charge in [-0.25, -0.2) is 0 Å². The van der Waals surface area contributed by atoms with Crippen molar-refractivity contribution in [2.75, 3.05) is 19.8 Å². The van der Waals surface area contributed by atoms with Gasteiger partial charge in [-0.1, -0.05) is 25.5 Å². The lowest BCUT2D eigenvalue weighted by Gasteiger charge is -2.18. The van der Waals surface area contributed by atoms with E-state index in [9.17, 15) is 4.79 Å². The summed E-state index contributed by atoms with van der Waals surface area (Å²) >= 11 is 1.62. The SMILES string of the molecule is CCCCN(C)C(=O)c1ccccc1SC. The zero-order valence-electron chi connectivity index (χ0n) is 10.2. The molecule has 1 rings (SSSR count). The molecule has 0 aliphatic carbocycles. The van der Waals surface area contributed by atoms with Gasteiger partial charge < -0.3 is 4.90 Å². The third-order valence-electron chi connectivity index (χ3n) is 2.53. The van der Waals surface area contributed by atoms with Crippen molar-refractivity contribution >= 4 is 17.7 Å². The Hall–Kier alpha value is -0.960. The maximum Gasteiger partial charge on any atom is 0.254 e. The van der Waals surface area contributed by atoms with E-state index in [1.165, 1.54) is 0 Å². The first-order valence-electron chi connectivity index (χ1n) is 5.59. The van der Waals surface area contributed by atoms with Crippen LogP contribution in [0.3, 0.4) is 0 Å². The fraction of sp³-hybridized carbons (Fsp3) is 0.462. The van der Waals surface area contributed by atoms with E-state index in [1.807, 2.05) is 37.6 Å². The maximum absolute atomic E-state index is 12.1. The van der Waals surface area contributed by atoms with Gasteiger partial charge in [-0.15, -0.1) is 11.8 Å². The second-order valence-electron chi connectivity index (χ2n) is 3.78. The van der Waals surface area contributed by atoms with Crippen LogP contribution in [0.15, 0.2) is 29.2 Å². The van der Waals surface area contributed by atoms with Crippen molar-refractivity contribution in [1.82, 2.24) is 4.90 Å². The van der Waals surface area contributed by atoms with Crippen LogP contribution in [0.1, 0.15) is 30.1 Å². The summed E-state index contributed by atoms with van der Waals surface area (Å²) in [5.74, 6) is 0.124. The minimum atomic E-state index is 0.124. The molecule has 0 bridgehead atoms. The van der Waals surface area contributed by atoms with Crippen LogP contribution in [-0.4, -0.2) is 30.7 Å². The molecule has 0 atom stereocenters. The van der Waals surface area contributed by atoms with Gasteiger partial charge in [-0.3, -0.25) is 4.79 Å². The summed E-state index contributed by atoms with van der Waals surface area (Å²) in [5.41, 5.74) is 0.814. The third-order valence-corrected chi connectivity index (χ3v) is 3.33. The van der Waals surface area contributed by atoms with Crippen LogP contribution >= 0.6 is 11.8 Å². The number of hydrogen-bond acceptors (Lipinski definition) is 2. The molecule has 0 spiro atoms. The van der Waals surface area contributed by atoms with Gasteiger partial charge >= 0.3 is 0 Å². The minimum absolute atomic E-state index is 0.124. The molecule has 2 nitrogen and oxygen atoms in total. The van der Waals surface area contributed by atoms with Crippen LogP contribution in [0.4, 0.5) is 0 Å². The largest absolute Gasteiger partial charge is 0.342 e. The van der Waals surface area contributed by atoms with E-state index in [4.69, 9.17) is 0 Å². The van der Waals surface area contributed by atoms with E-state index in [1.54, 1.807) is 16.7 Å². The van der Waals surface area contributed by atoms with Gasteiger partial charge in [-0.05, 0) is 24.8 Å². The van der Waals surface area contributed by atoms with Crippen LogP contribution in [0.2, 0.25) is 0 Å². The normalized spacial score (nSPS) is 10.2. The van der Waals surface area contributed by atoms with Crippen LogP contribution in [0.25, 0.3) is 0 Å². The van der Waals surface area contributed by atoms with Crippen molar-refractivity contribution in [3.63, 3.8) is 0 Å². The number of nitrogens with zero attached hydrogens (tertiary/aromatic N) is 1. The number of thioether (sulfide) groups is 1. The molecule has 1 amide bonds. The van der Waals surface area contributed by atoms with Gasteiger partial charge in [0.2, 0.25) is 0 Å². The summed E-state index contributed by atoms with van der Waals surface area (Å²) in [7, 11) is 1.87. The van der Waals surface area contributed by atoms with Crippen molar-refractivity contribution in [2.45, 2.75) is 24.7 Å². The highest BCUT2D eigenvalue weighted by Crippen LogP contribution is 2.21. The van der Waals surface area contributed by atoms with Gasteiger partial charge in [0.05, 0.1) is 5.56 Å². The highest BCUT2D eigenvalue weighted by atomic mass is 32.2. The van der Waals surface area contributed by atoms with Gasteiger partial charge in [-0.2, -0.15) is 0 Å². The Morgan fingerprint density at radius 3 is 2.69 bits per heavy atom. The van der Waals surface area contributed by atoms with Gasteiger partial charge in [0, 0.05) is 18.5 Å². The van der Waals surface area contributed by atoms with Gasteiger partial charge in [0.25, 0.3) is 5.91 Å². The smallest absolute Gasteiger partial charge is 0.254 e.